The first-order valence-electron chi connectivity index (χ1n) is 12.0. The quantitative estimate of drug-likeness (QED) is 0.369. The lowest BCUT2D eigenvalue weighted by Gasteiger charge is -2.09. The summed E-state index contributed by atoms with van der Waals surface area (Å²) in [7, 11) is 0. The number of imidazole rings is 1. The number of thiophene rings is 1. The average molecular weight is 474 g/mol. The van der Waals surface area contributed by atoms with Gasteiger partial charge in [0.05, 0.1) is 6.54 Å². The first kappa shape index (κ1) is 25.0. The van der Waals surface area contributed by atoms with Crippen LogP contribution in [0.5, 0.6) is 0 Å². The molecular formula is C24H35N5O3S. The smallest absolute Gasteiger partial charge is 0.330 e. The number of aromatic amines is 1. The van der Waals surface area contributed by atoms with Crippen LogP contribution in [-0.4, -0.2) is 25.0 Å². The second-order valence-electron chi connectivity index (χ2n) is 8.32. The highest BCUT2D eigenvalue weighted by atomic mass is 32.1. The molecule has 9 heteroatoms. The van der Waals surface area contributed by atoms with Gasteiger partial charge in [-0.2, -0.15) is 0 Å². The topological polar surface area (TPSA) is 102 Å². The number of carbonyl (C=O) groups is 1. The number of hydrogen-bond acceptors (Lipinski definition) is 5. The molecule has 0 fully saturated rings. The second kappa shape index (κ2) is 12.0. The van der Waals surface area contributed by atoms with Crippen LogP contribution in [0.3, 0.4) is 0 Å². The van der Waals surface area contributed by atoms with Crippen LogP contribution in [0.1, 0.15) is 74.9 Å². The fraction of sp³-hybridized carbons (Fsp3) is 0.583. The van der Waals surface area contributed by atoms with Crippen LogP contribution in [-0.2, 0) is 37.3 Å². The lowest BCUT2D eigenvalue weighted by atomic mass is 10.2. The minimum absolute atomic E-state index is 0.0501. The Balaban J connectivity index is 1.81. The largest absolute Gasteiger partial charge is 0.351 e. The maximum Gasteiger partial charge on any atom is 0.330 e. The molecule has 2 N–H and O–H groups in total. The molecule has 0 aliphatic heterocycles. The number of aryl methyl sites for hydroxylation is 4. The van der Waals surface area contributed by atoms with Gasteiger partial charge < -0.3 is 9.88 Å². The van der Waals surface area contributed by atoms with Crippen LogP contribution in [0.2, 0.25) is 0 Å². The van der Waals surface area contributed by atoms with Gasteiger partial charge in [-0.1, -0.05) is 40.0 Å². The van der Waals surface area contributed by atoms with E-state index >= 15 is 0 Å². The minimum Gasteiger partial charge on any atom is -0.351 e. The molecule has 0 saturated carbocycles. The van der Waals surface area contributed by atoms with Gasteiger partial charge in [-0.05, 0) is 31.4 Å². The molecule has 0 aliphatic carbocycles. The van der Waals surface area contributed by atoms with Gasteiger partial charge in [-0.25, -0.2) is 9.78 Å². The summed E-state index contributed by atoms with van der Waals surface area (Å²) in [6.07, 6.45) is 6.45. The monoisotopic (exact) mass is 473 g/mol. The van der Waals surface area contributed by atoms with E-state index in [4.69, 9.17) is 4.98 Å². The minimum atomic E-state index is -0.425. The van der Waals surface area contributed by atoms with Crippen molar-refractivity contribution >= 4 is 28.4 Å². The summed E-state index contributed by atoms with van der Waals surface area (Å²) in [5, 5.41) is 2.98. The van der Waals surface area contributed by atoms with E-state index < -0.39 is 11.2 Å². The van der Waals surface area contributed by atoms with Gasteiger partial charge in [0.15, 0.2) is 11.2 Å². The van der Waals surface area contributed by atoms with Crippen molar-refractivity contribution in [3.8, 4) is 0 Å². The predicted octanol–water partition coefficient (Wildman–Crippen LogP) is 3.75. The Morgan fingerprint density at radius 3 is 2.45 bits per heavy atom. The molecule has 8 nitrogen and oxygen atoms in total. The standard InChI is InChI=1S/C24H35N5O3S/c1-4-7-9-15-28-19(12-13-20(30)25-16-18-11-10-17(6-3)33-18)26-22-21(28)23(31)27-24(32)29(22)14-8-5-2/h10-11H,4-9,12-16H2,1-3H3,(H,25,30)(H,27,31,32). The molecule has 0 spiro atoms. The fourth-order valence-electron chi connectivity index (χ4n) is 3.90. The number of aromatic nitrogens is 4. The number of hydrogen-bond donors (Lipinski definition) is 2. The molecule has 33 heavy (non-hydrogen) atoms. The van der Waals surface area contributed by atoms with Gasteiger partial charge in [0.2, 0.25) is 5.91 Å². The van der Waals surface area contributed by atoms with Crippen LogP contribution < -0.4 is 16.6 Å². The lowest BCUT2D eigenvalue weighted by molar-refractivity contribution is -0.121. The molecule has 180 valence electrons. The summed E-state index contributed by atoms with van der Waals surface area (Å²) in [5.74, 6) is 0.632. The molecule has 3 aromatic rings. The molecule has 1 amide bonds. The Bertz CT molecular complexity index is 1190. The summed E-state index contributed by atoms with van der Waals surface area (Å²) < 4.78 is 3.47. The number of nitrogens with one attached hydrogen (secondary N) is 2. The molecular weight excluding hydrogens is 438 g/mol. The van der Waals surface area contributed by atoms with Gasteiger partial charge in [-0.15, -0.1) is 11.3 Å². The molecule has 0 atom stereocenters. The van der Waals surface area contributed by atoms with Crippen molar-refractivity contribution < 1.29 is 4.79 Å². The molecule has 0 aromatic carbocycles. The number of rotatable bonds is 13. The molecule has 0 radical (unpaired) electrons. The molecule has 0 aliphatic rings. The molecule has 3 aromatic heterocycles. The Labute approximate surface area is 198 Å². The van der Waals surface area contributed by atoms with Gasteiger partial charge >= 0.3 is 5.69 Å². The summed E-state index contributed by atoms with van der Waals surface area (Å²) >= 11 is 1.72. The van der Waals surface area contributed by atoms with E-state index in [1.807, 2.05) is 4.57 Å². The summed E-state index contributed by atoms with van der Waals surface area (Å²) in [4.78, 5) is 47.3. The fourth-order valence-corrected chi connectivity index (χ4v) is 4.80. The Morgan fingerprint density at radius 1 is 1.03 bits per heavy atom. The highest BCUT2D eigenvalue weighted by Crippen LogP contribution is 2.17. The molecule has 3 heterocycles. The number of unbranched alkanes of at least 4 members (excludes halogenated alkanes) is 3. The van der Waals surface area contributed by atoms with Gasteiger partial charge in [-0.3, -0.25) is 19.1 Å². The number of amides is 1. The van der Waals surface area contributed by atoms with Crippen LogP contribution in [0.4, 0.5) is 0 Å². The third-order valence-electron chi connectivity index (χ3n) is 5.79. The number of nitrogens with zero attached hydrogens (tertiary/aromatic N) is 3. The first-order chi connectivity index (χ1) is 16.0. The average Bonchev–Trinajstić information content (AvgIpc) is 3.41. The zero-order chi connectivity index (χ0) is 23.8. The van der Waals surface area contributed by atoms with Crippen molar-refractivity contribution in [1.82, 2.24) is 24.4 Å². The van der Waals surface area contributed by atoms with Crippen molar-refractivity contribution in [3.05, 3.63) is 48.5 Å². The van der Waals surface area contributed by atoms with E-state index in [9.17, 15) is 14.4 Å². The van der Waals surface area contributed by atoms with Crippen LogP contribution in [0.25, 0.3) is 11.2 Å². The molecule has 0 saturated heterocycles. The third kappa shape index (κ3) is 6.22. The van der Waals surface area contributed by atoms with Gasteiger partial charge in [0.1, 0.15) is 5.82 Å². The molecule has 0 bridgehead atoms. The number of fused-ring (bicyclic) bond motifs is 1. The van der Waals surface area contributed by atoms with Gasteiger partial charge in [0, 0.05) is 35.7 Å². The Hall–Kier alpha value is -2.68. The maximum atomic E-state index is 12.7. The maximum absolute atomic E-state index is 12.7. The van der Waals surface area contributed by atoms with Gasteiger partial charge in [0.25, 0.3) is 5.56 Å². The number of H-pyrrole nitrogens is 1. The highest BCUT2D eigenvalue weighted by molar-refractivity contribution is 7.11. The van der Waals surface area contributed by atoms with Crippen LogP contribution in [0.15, 0.2) is 21.7 Å². The second-order valence-corrected chi connectivity index (χ2v) is 9.57. The lowest BCUT2D eigenvalue weighted by Crippen LogP contribution is -2.31. The summed E-state index contributed by atoms with van der Waals surface area (Å²) in [6, 6.07) is 4.15. The van der Waals surface area contributed by atoms with Crippen molar-refractivity contribution in [2.45, 2.75) is 91.8 Å². The van der Waals surface area contributed by atoms with Crippen LogP contribution in [0, 0.1) is 0 Å². The zero-order valence-corrected chi connectivity index (χ0v) is 20.7. The Kier molecular flexibility index (Phi) is 9.05. The highest BCUT2D eigenvalue weighted by Gasteiger charge is 2.19. The normalized spacial score (nSPS) is 11.4. The van der Waals surface area contributed by atoms with Crippen molar-refractivity contribution in [2.75, 3.05) is 0 Å². The third-order valence-corrected chi connectivity index (χ3v) is 7.02. The van der Waals surface area contributed by atoms with E-state index in [2.05, 4.69) is 43.2 Å². The predicted molar refractivity (Wildman–Crippen MR) is 133 cm³/mol. The molecule has 3 rings (SSSR count). The van der Waals surface area contributed by atoms with Crippen molar-refractivity contribution in [2.24, 2.45) is 0 Å². The van der Waals surface area contributed by atoms with E-state index in [-0.39, 0.29) is 12.3 Å². The zero-order valence-electron chi connectivity index (χ0n) is 19.9. The van der Waals surface area contributed by atoms with Crippen molar-refractivity contribution in [1.29, 1.82) is 0 Å². The Morgan fingerprint density at radius 2 is 1.76 bits per heavy atom. The SMILES string of the molecule is CCCCCn1c(CCC(=O)NCc2ccc(CC)s2)nc2c1c(=O)[nH]c(=O)n2CCCC. The van der Waals surface area contributed by atoms with E-state index in [0.717, 1.165) is 43.4 Å². The van der Waals surface area contributed by atoms with E-state index in [1.165, 1.54) is 4.88 Å². The number of carbonyl (C=O) groups excluding carboxylic acids is 1. The summed E-state index contributed by atoms with van der Waals surface area (Å²) in [5.41, 5.74) is 0.0235. The van der Waals surface area contributed by atoms with Crippen molar-refractivity contribution in [3.63, 3.8) is 0 Å². The first-order valence-corrected chi connectivity index (χ1v) is 12.9. The van der Waals surface area contributed by atoms with Crippen LogP contribution >= 0.6 is 11.3 Å². The van der Waals surface area contributed by atoms with E-state index in [0.29, 0.717) is 43.0 Å². The molecule has 0 unspecified atom stereocenters. The summed E-state index contributed by atoms with van der Waals surface area (Å²) in [6.45, 7) is 7.98. The van der Waals surface area contributed by atoms with E-state index in [1.54, 1.807) is 15.9 Å².